The first-order valence-electron chi connectivity index (χ1n) is 6.75. The summed E-state index contributed by atoms with van der Waals surface area (Å²) < 4.78 is 5.63. The average molecular weight is 270 g/mol. The van der Waals surface area contributed by atoms with Gasteiger partial charge in [-0.3, -0.25) is 0 Å². The van der Waals surface area contributed by atoms with Crippen LogP contribution in [0.3, 0.4) is 0 Å². The van der Waals surface area contributed by atoms with Gasteiger partial charge in [0.05, 0.1) is 6.10 Å². The number of aryl methyl sites for hydroxylation is 2. The lowest BCUT2D eigenvalue weighted by Gasteiger charge is -2.17. The van der Waals surface area contributed by atoms with Crippen LogP contribution in [0.5, 0.6) is 0 Å². The third kappa shape index (κ3) is 3.11. The van der Waals surface area contributed by atoms with Crippen molar-refractivity contribution in [2.75, 3.05) is 18.6 Å². The van der Waals surface area contributed by atoms with Gasteiger partial charge in [0.25, 0.3) is 0 Å². The summed E-state index contributed by atoms with van der Waals surface area (Å²) in [6.45, 7) is 4.03. The van der Waals surface area contributed by atoms with Gasteiger partial charge < -0.3 is 16.2 Å². The smallest absolute Gasteiger partial charge is 0.0861 e. The summed E-state index contributed by atoms with van der Waals surface area (Å²) in [5, 5.41) is 0. The fourth-order valence-corrected chi connectivity index (χ4v) is 2.32. The number of anilines is 2. The second-order valence-electron chi connectivity index (χ2n) is 5.24. The lowest BCUT2D eigenvalue weighted by atomic mass is 9.98. The lowest BCUT2D eigenvalue weighted by molar-refractivity contribution is 0.104. The second kappa shape index (κ2) is 5.97. The summed E-state index contributed by atoms with van der Waals surface area (Å²) >= 11 is 0. The monoisotopic (exact) mass is 270 g/mol. The maximum absolute atomic E-state index is 5.86. The van der Waals surface area contributed by atoms with E-state index < -0.39 is 0 Å². The van der Waals surface area contributed by atoms with Crippen LogP contribution in [0.15, 0.2) is 36.4 Å². The van der Waals surface area contributed by atoms with Crippen molar-refractivity contribution in [2.24, 2.45) is 0 Å². The fourth-order valence-electron chi connectivity index (χ4n) is 2.32. The van der Waals surface area contributed by atoms with Crippen LogP contribution in [0.2, 0.25) is 0 Å². The molecule has 0 aliphatic heterocycles. The zero-order chi connectivity index (χ0) is 14.7. The Morgan fingerprint density at radius 2 is 1.55 bits per heavy atom. The predicted octanol–water partition coefficient (Wildman–Crippen LogP) is 3.40. The van der Waals surface area contributed by atoms with Crippen molar-refractivity contribution in [3.63, 3.8) is 0 Å². The van der Waals surface area contributed by atoms with Gasteiger partial charge in [0, 0.05) is 24.9 Å². The number of rotatable bonds is 4. The zero-order valence-corrected chi connectivity index (χ0v) is 12.3. The molecule has 3 heteroatoms. The van der Waals surface area contributed by atoms with Crippen LogP contribution in [0.1, 0.15) is 28.4 Å². The summed E-state index contributed by atoms with van der Waals surface area (Å²) in [5.41, 5.74) is 17.9. The van der Waals surface area contributed by atoms with Crippen LogP contribution in [0, 0.1) is 13.8 Å². The highest BCUT2D eigenvalue weighted by Crippen LogP contribution is 2.25. The van der Waals surface area contributed by atoms with Crippen molar-refractivity contribution in [2.45, 2.75) is 26.4 Å². The molecule has 0 saturated carbocycles. The van der Waals surface area contributed by atoms with Gasteiger partial charge in [0.15, 0.2) is 0 Å². The number of hydrogen-bond acceptors (Lipinski definition) is 3. The van der Waals surface area contributed by atoms with E-state index in [1.54, 1.807) is 7.11 Å². The van der Waals surface area contributed by atoms with Gasteiger partial charge in [-0.2, -0.15) is 0 Å². The van der Waals surface area contributed by atoms with Gasteiger partial charge in [-0.05, 0) is 48.2 Å². The van der Waals surface area contributed by atoms with E-state index in [2.05, 4.69) is 18.2 Å². The quantitative estimate of drug-likeness (QED) is 0.837. The molecule has 0 radical (unpaired) electrons. The molecule has 2 rings (SSSR count). The Morgan fingerprint density at radius 1 is 0.950 bits per heavy atom. The molecule has 20 heavy (non-hydrogen) atoms. The molecule has 1 unspecified atom stereocenters. The topological polar surface area (TPSA) is 61.3 Å². The predicted molar refractivity (Wildman–Crippen MR) is 84.6 cm³/mol. The number of benzene rings is 2. The summed E-state index contributed by atoms with van der Waals surface area (Å²) in [5.74, 6) is 0. The molecule has 0 aliphatic rings. The number of ether oxygens (including phenoxy) is 1. The molecular formula is C17H22N2O. The second-order valence-corrected chi connectivity index (χ2v) is 5.24. The first kappa shape index (κ1) is 14.4. The van der Waals surface area contributed by atoms with Gasteiger partial charge in [0.2, 0.25) is 0 Å². The van der Waals surface area contributed by atoms with E-state index in [0.29, 0.717) is 0 Å². The minimum atomic E-state index is 0.0253. The standard InChI is InChI=1S/C17H22N2O/c1-11-8-13(4-6-15(11)18)10-17(20-3)14-5-7-16(19)12(2)9-14/h4-9,17H,10,18-19H2,1-3H3. The average Bonchev–Trinajstić information content (AvgIpc) is 2.43. The first-order chi connectivity index (χ1) is 9.51. The molecule has 0 fully saturated rings. The number of nitrogens with two attached hydrogens (primary N) is 2. The van der Waals surface area contributed by atoms with Crippen LogP contribution in [0.25, 0.3) is 0 Å². The Morgan fingerprint density at radius 3 is 2.10 bits per heavy atom. The molecule has 0 spiro atoms. The normalized spacial score (nSPS) is 12.3. The molecule has 0 aliphatic carbocycles. The summed E-state index contributed by atoms with van der Waals surface area (Å²) in [4.78, 5) is 0. The molecule has 0 saturated heterocycles. The summed E-state index contributed by atoms with van der Waals surface area (Å²) in [6, 6.07) is 12.2. The van der Waals surface area contributed by atoms with E-state index in [1.165, 1.54) is 5.56 Å². The van der Waals surface area contributed by atoms with Gasteiger partial charge in [-0.25, -0.2) is 0 Å². The zero-order valence-electron chi connectivity index (χ0n) is 12.3. The molecule has 0 bridgehead atoms. The van der Waals surface area contributed by atoms with Crippen molar-refractivity contribution in [1.29, 1.82) is 0 Å². The van der Waals surface area contributed by atoms with E-state index in [9.17, 15) is 0 Å². The number of nitrogen functional groups attached to an aromatic ring is 2. The van der Waals surface area contributed by atoms with E-state index in [4.69, 9.17) is 16.2 Å². The minimum absolute atomic E-state index is 0.0253. The minimum Gasteiger partial charge on any atom is -0.399 e. The van der Waals surface area contributed by atoms with Crippen molar-refractivity contribution in [3.8, 4) is 0 Å². The fraction of sp³-hybridized carbons (Fsp3) is 0.294. The molecular weight excluding hydrogens is 248 g/mol. The van der Waals surface area contributed by atoms with Gasteiger partial charge >= 0.3 is 0 Å². The molecule has 2 aromatic rings. The molecule has 2 aromatic carbocycles. The van der Waals surface area contributed by atoms with Gasteiger partial charge in [0.1, 0.15) is 0 Å². The van der Waals surface area contributed by atoms with Crippen molar-refractivity contribution in [1.82, 2.24) is 0 Å². The van der Waals surface area contributed by atoms with Gasteiger partial charge in [-0.15, -0.1) is 0 Å². The Bertz CT molecular complexity index is 608. The Kier molecular flexibility index (Phi) is 4.30. The van der Waals surface area contributed by atoms with Crippen LogP contribution in [-0.2, 0) is 11.2 Å². The lowest BCUT2D eigenvalue weighted by Crippen LogP contribution is -2.07. The molecule has 0 aromatic heterocycles. The van der Waals surface area contributed by atoms with Crippen LogP contribution in [0.4, 0.5) is 11.4 Å². The van der Waals surface area contributed by atoms with E-state index in [0.717, 1.165) is 34.5 Å². The SMILES string of the molecule is COC(Cc1ccc(N)c(C)c1)c1ccc(N)c(C)c1. The Labute approximate surface area is 120 Å². The van der Waals surface area contributed by atoms with E-state index in [1.807, 2.05) is 32.0 Å². The highest BCUT2D eigenvalue weighted by Gasteiger charge is 2.12. The van der Waals surface area contributed by atoms with Crippen molar-refractivity contribution in [3.05, 3.63) is 58.7 Å². The van der Waals surface area contributed by atoms with Crippen molar-refractivity contribution < 1.29 is 4.74 Å². The number of methoxy groups -OCH3 is 1. The first-order valence-corrected chi connectivity index (χ1v) is 6.75. The molecule has 0 heterocycles. The third-order valence-corrected chi connectivity index (χ3v) is 3.71. The molecule has 3 nitrogen and oxygen atoms in total. The van der Waals surface area contributed by atoms with Crippen LogP contribution >= 0.6 is 0 Å². The van der Waals surface area contributed by atoms with Crippen molar-refractivity contribution >= 4 is 11.4 Å². The van der Waals surface area contributed by atoms with Crippen LogP contribution < -0.4 is 11.5 Å². The van der Waals surface area contributed by atoms with Gasteiger partial charge in [-0.1, -0.05) is 24.3 Å². The molecule has 1 atom stereocenters. The Balaban J connectivity index is 2.23. The maximum atomic E-state index is 5.86. The summed E-state index contributed by atoms with van der Waals surface area (Å²) in [6.07, 6.45) is 0.846. The molecule has 4 N–H and O–H groups in total. The van der Waals surface area contributed by atoms with E-state index >= 15 is 0 Å². The van der Waals surface area contributed by atoms with Crippen LogP contribution in [-0.4, -0.2) is 7.11 Å². The largest absolute Gasteiger partial charge is 0.399 e. The highest BCUT2D eigenvalue weighted by molar-refractivity contribution is 5.49. The third-order valence-electron chi connectivity index (χ3n) is 3.71. The Hall–Kier alpha value is -2.00. The summed E-state index contributed by atoms with van der Waals surface area (Å²) in [7, 11) is 1.74. The highest BCUT2D eigenvalue weighted by atomic mass is 16.5. The molecule has 106 valence electrons. The van der Waals surface area contributed by atoms with E-state index in [-0.39, 0.29) is 6.10 Å². The molecule has 0 amide bonds. The number of hydrogen-bond donors (Lipinski definition) is 2. The maximum Gasteiger partial charge on any atom is 0.0861 e.